The van der Waals surface area contributed by atoms with E-state index in [2.05, 4.69) is 54.9 Å². The SMILES string of the molecule is C=CC1C[C@H]2[C@@H]3CCC4=CC(=O)CCC4=C3C(c3ccc(-c4cccnc4)cc3)C[C@]2(C)C1C(=O)C1CC1. The number of carbonyl (C=O) groups excluding carboxylic acids is 2. The number of nitrogens with zero attached hydrogens (tertiary/aromatic N) is 1. The lowest BCUT2D eigenvalue weighted by Crippen LogP contribution is -2.45. The lowest BCUT2D eigenvalue weighted by Gasteiger charge is -2.52. The molecule has 2 aromatic rings. The molecule has 5 aliphatic carbocycles. The minimum absolute atomic E-state index is 0.0222. The number of rotatable bonds is 5. The number of ketones is 2. The summed E-state index contributed by atoms with van der Waals surface area (Å²) >= 11 is 0. The van der Waals surface area contributed by atoms with Gasteiger partial charge in [0.15, 0.2) is 5.78 Å². The number of hydrogen-bond donors (Lipinski definition) is 0. The number of aromatic nitrogens is 1. The highest BCUT2D eigenvalue weighted by Gasteiger charge is 2.62. The van der Waals surface area contributed by atoms with Gasteiger partial charge in [0.05, 0.1) is 0 Å². The molecular weight excluding hydrogens is 466 g/mol. The van der Waals surface area contributed by atoms with Crippen LogP contribution in [0.4, 0.5) is 0 Å². The molecule has 7 rings (SSSR count). The van der Waals surface area contributed by atoms with Crippen LogP contribution in [-0.4, -0.2) is 16.6 Å². The first kappa shape index (κ1) is 24.0. The lowest BCUT2D eigenvalue weighted by molar-refractivity contribution is -0.129. The summed E-state index contributed by atoms with van der Waals surface area (Å²) in [6.45, 7) is 6.67. The summed E-state index contributed by atoms with van der Waals surface area (Å²) in [6.07, 6.45) is 15.6. The third-order valence-corrected chi connectivity index (χ3v) is 10.7. The Labute approximate surface area is 226 Å². The molecule has 3 unspecified atom stereocenters. The Kier molecular flexibility index (Phi) is 5.69. The quantitative estimate of drug-likeness (QED) is 0.394. The fourth-order valence-corrected chi connectivity index (χ4v) is 8.89. The summed E-state index contributed by atoms with van der Waals surface area (Å²) in [5, 5.41) is 0. The third kappa shape index (κ3) is 3.73. The Hall–Kier alpha value is -3.07. The zero-order valence-corrected chi connectivity index (χ0v) is 22.4. The molecular formula is C35H37NO2. The van der Waals surface area contributed by atoms with Crippen molar-refractivity contribution in [3.8, 4) is 11.1 Å². The van der Waals surface area contributed by atoms with E-state index in [9.17, 15) is 9.59 Å². The summed E-state index contributed by atoms with van der Waals surface area (Å²) in [5.41, 5.74) is 7.98. The maximum absolute atomic E-state index is 13.8. The second-order valence-corrected chi connectivity index (χ2v) is 12.7. The summed E-state index contributed by atoms with van der Waals surface area (Å²) in [6, 6.07) is 13.2. The van der Waals surface area contributed by atoms with Crippen molar-refractivity contribution >= 4 is 11.6 Å². The molecule has 0 spiro atoms. The van der Waals surface area contributed by atoms with Gasteiger partial charge < -0.3 is 0 Å². The molecule has 0 bridgehead atoms. The highest BCUT2D eigenvalue weighted by molar-refractivity contribution is 5.93. The first-order valence-electron chi connectivity index (χ1n) is 14.6. The van der Waals surface area contributed by atoms with Gasteiger partial charge in [0.2, 0.25) is 0 Å². The molecule has 3 fully saturated rings. The van der Waals surface area contributed by atoms with Gasteiger partial charge in [-0.25, -0.2) is 0 Å². The van der Waals surface area contributed by atoms with E-state index in [-0.39, 0.29) is 34.9 Å². The maximum Gasteiger partial charge on any atom is 0.156 e. The standard InChI is InChI=1S/C35H37NO2/c1-3-21-18-31-29-14-12-25-17-27(37)13-15-28(25)32(29)30(19-35(31,2)33(21)34(38)24-10-11-24)23-8-6-22(7-9-23)26-5-4-16-36-20-26/h3-9,16-17,20-21,24,29-31,33H,1,10-15,18-19H2,2H3/t21?,29-,30?,31-,33?,35-/m0/s1. The molecule has 0 amide bonds. The van der Waals surface area contributed by atoms with Crippen LogP contribution in [0.25, 0.3) is 11.1 Å². The van der Waals surface area contributed by atoms with E-state index in [1.807, 2.05) is 24.5 Å². The van der Waals surface area contributed by atoms with Crippen molar-refractivity contribution < 1.29 is 9.59 Å². The Morgan fingerprint density at radius 1 is 1.05 bits per heavy atom. The molecule has 3 nitrogen and oxygen atoms in total. The summed E-state index contributed by atoms with van der Waals surface area (Å²) in [4.78, 5) is 30.4. The van der Waals surface area contributed by atoms with Gasteiger partial charge in [-0.3, -0.25) is 14.6 Å². The van der Waals surface area contributed by atoms with Gasteiger partial charge in [0.25, 0.3) is 0 Å². The first-order chi connectivity index (χ1) is 18.5. The van der Waals surface area contributed by atoms with Crippen LogP contribution in [0.2, 0.25) is 0 Å². The summed E-state index contributed by atoms with van der Waals surface area (Å²) in [5.74, 6) is 2.72. The van der Waals surface area contributed by atoms with Crippen molar-refractivity contribution in [3.63, 3.8) is 0 Å². The van der Waals surface area contributed by atoms with E-state index >= 15 is 0 Å². The minimum Gasteiger partial charge on any atom is -0.299 e. The van der Waals surface area contributed by atoms with Crippen LogP contribution < -0.4 is 0 Å². The van der Waals surface area contributed by atoms with Crippen LogP contribution in [0.3, 0.4) is 0 Å². The topological polar surface area (TPSA) is 47.0 Å². The maximum atomic E-state index is 13.8. The van der Waals surface area contributed by atoms with E-state index in [4.69, 9.17) is 0 Å². The average Bonchev–Trinajstić information content (AvgIpc) is 3.75. The number of hydrogen-bond acceptors (Lipinski definition) is 3. The molecule has 194 valence electrons. The van der Waals surface area contributed by atoms with E-state index in [1.54, 1.807) is 5.57 Å². The molecule has 6 atom stereocenters. The minimum atomic E-state index is -0.0222. The van der Waals surface area contributed by atoms with Crippen molar-refractivity contribution in [1.29, 1.82) is 0 Å². The van der Waals surface area contributed by atoms with Gasteiger partial charge >= 0.3 is 0 Å². The first-order valence-corrected chi connectivity index (χ1v) is 14.6. The predicted octanol–water partition coefficient (Wildman–Crippen LogP) is 7.66. The van der Waals surface area contributed by atoms with Gasteiger partial charge in [-0.05, 0) is 108 Å². The van der Waals surface area contributed by atoms with E-state index in [0.29, 0.717) is 24.0 Å². The number of fused-ring (bicyclic) bond motifs is 4. The van der Waals surface area contributed by atoms with Crippen LogP contribution in [0.15, 0.2) is 84.2 Å². The molecule has 5 aliphatic rings. The van der Waals surface area contributed by atoms with Crippen LogP contribution in [-0.2, 0) is 9.59 Å². The molecule has 1 aromatic heterocycles. The Bertz CT molecular complexity index is 1360. The van der Waals surface area contributed by atoms with E-state index in [0.717, 1.165) is 50.5 Å². The van der Waals surface area contributed by atoms with Crippen molar-refractivity contribution in [2.24, 2.45) is 35.0 Å². The molecule has 0 aliphatic heterocycles. The van der Waals surface area contributed by atoms with Crippen LogP contribution in [0, 0.1) is 35.0 Å². The normalized spacial score (nSPS) is 34.2. The molecule has 3 saturated carbocycles. The fraction of sp³-hybridized carbons (Fsp3) is 0.457. The van der Waals surface area contributed by atoms with Crippen molar-refractivity contribution in [2.75, 3.05) is 0 Å². The summed E-state index contributed by atoms with van der Waals surface area (Å²) in [7, 11) is 0. The second-order valence-electron chi connectivity index (χ2n) is 12.7. The monoisotopic (exact) mass is 503 g/mol. The Morgan fingerprint density at radius 2 is 1.87 bits per heavy atom. The molecule has 38 heavy (non-hydrogen) atoms. The molecule has 0 N–H and O–H groups in total. The molecule has 1 heterocycles. The number of allylic oxidation sites excluding steroid dienone is 5. The van der Waals surface area contributed by atoms with Crippen LogP contribution in [0.5, 0.6) is 0 Å². The second kappa shape index (κ2) is 9.00. The molecule has 1 aromatic carbocycles. The smallest absolute Gasteiger partial charge is 0.156 e. The van der Waals surface area contributed by atoms with Crippen molar-refractivity contribution in [1.82, 2.24) is 4.98 Å². The number of Topliss-reactive ketones (excluding diaryl/α,β-unsaturated/α-hetero) is 1. The van der Waals surface area contributed by atoms with Gasteiger partial charge in [0, 0.05) is 36.6 Å². The molecule has 3 heteroatoms. The largest absolute Gasteiger partial charge is 0.299 e. The summed E-state index contributed by atoms with van der Waals surface area (Å²) < 4.78 is 0. The molecule has 0 saturated heterocycles. The number of carbonyl (C=O) groups is 2. The van der Waals surface area contributed by atoms with E-state index < -0.39 is 0 Å². The van der Waals surface area contributed by atoms with Gasteiger partial charge in [-0.15, -0.1) is 6.58 Å². The zero-order chi connectivity index (χ0) is 26.0. The van der Waals surface area contributed by atoms with Gasteiger partial charge in [0.1, 0.15) is 5.78 Å². The van der Waals surface area contributed by atoms with Gasteiger partial charge in [-0.2, -0.15) is 0 Å². The fourth-order valence-electron chi connectivity index (χ4n) is 8.89. The molecule has 0 radical (unpaired) electrons. The average molecular weight is 504 g/mol. The third-order valence-electron chi connectivity index (χ3n) is 10.7. The Balaban J connectivity index is 1.35. The van der Waals surface area contributed by atoms with E-state index in [1.165, 1.54) is 22.3 Å². The number of benzene rings is 1. The van der Waals surface area contributed by atoms with Crippen LogP contribution >= 0.6 is 0 Å². The highest BCUT2D eigenvalue weighted by Crippen LogP contribution is 2.68. The number of pyridine rings is 1. The lowest BCUT2D eigenvalue weighted by atomic mass is 9.51. The highest BCUT2D eigenvalue weighted by atomic mass is 16.1. The zero-order valence-electron chi connectivity index (χ0n) is 22.4. The van der Waals surface area contributed by atoms with Crippen molar-refractivity contribution in [3.05, 3.63) is 89.8 Å². The predicted molar refractivity (Wildman–Crippen MR) is 150 cm³/mol. The van der Waals surface area contributed by atoms with Gasteiger partial charge in [-0.1, -0.05) is 48.9 Å². The van der Waals surface area contributed by atoms with Crippen molar-refractivity contribution in [2.45, 2.75) is 64.2 Å². The van der Waals surface area contributed by atoms with Crippen LogP contribution in [0.1, 0.15) is 69.8 Å². The Morgan fingerprint density at radius 3 is 2.58 bits per heavy atom.